The van der Waals surface area contributed by atoms with Gasteiger partial charge in [0.25, 0.3) is 0 Å². The van der Waals surface area contributed by atoms with Gasteiger partial charge in [-0.15, -0.1) is 0 Å². The first-order valence-corrected chi connectivity index (χ1v) is 11.0. The molecule has 168 valence electrons. The summed E-state index contributed by atoms with van der Waals surface area (Å²) in [5.74, 6) is 0.686. The molecule has 0 saturated heterocycles. The van der Waals surface area contributed by atoms with E-state index in [1.54, 1.807) is 18.2 Å². The second-order valence-corrected chi connectivity index (χ2v) is 7.69. The number of carbonyl (C=O) groups excluding carboxylic acids is 1. The molecule has 0 amide bonds. The summed E-state index contributed by atoms with van der Waals surface area (Å²) in [6.45, 7) is 2.84. The van der Waals surface area contributed by atoms with Crippen molar-refractivity contribution in [3.8, 4) is 5.75 Å². The van der Waals surface area contributed by atoms with Gasteiger partial charge in [0.1, 0.15) is 5.75 Å². The minimum atomic E-state index is -4.45. The number of unbranched alkanes of at least 4 members (excludes halogenated alkanes) is 7. The van der Waals surface area contributed by atoms with E-state index >= 15 is 0 Å². The van der Waals surface area contributed by atoms with Gasteiger partial charge in [-0.05, 0) is 47.9 Å². The summed E-state index contributed by atoms with van der Waals surface area (Å²) in [5, 5.41) is 0. The Morgan fingerprint density at radius 1 is 0.903 bits per heavy atom. The molecule has 0 heterocycles. The average Bonchev–Trinajstić information content (AvgIpc) is 2.76. The summed E-state index contributed by atoms with van der Waals surface area (Å²) in [6.07, 6.45) is 7.49. The number of allylic oxidation sites excluding steroid dienone is 1. The first-order valence-electron chi connectivity index (χ1n) is 11.0. The molecule has 0 aliphatic rings. The normalized spacial score (nSPS) is 12.1. The first-order chi connectivity index (χ1) is 14.9. The molecule has 2 nitrogen and oxygen atoms in total. The van der Waals surface area contributed by atoms with Gasteiger partial charge in [0.15, 0.2) is 6.29 Å². The van der Waals surface area contributed by atoms with Crippen molar-refractivity contribution in [3.05, 3.63) is 65.2 Å². The van der Waals surface area contributed by atoms with Gasteiger partial charge >= 0.3 is 6.18 Å². The molecule has 2 rings (SSSR count). The molecule has 0 aromatic heterocycles. The lowest BCUT2D eigenvalue weighted by Gasteiger charge is -2.09. The van der Waals surface area contributed by atoms with Crippen molar-refractivity contribution in [2.45, 2.75) is 64.5 Å². The van der Waals surface area contributed by atoms with Gasteiger partial charge in [0, 0.05) is 5.57 Å². The molecule has 0 aliphatic carbocycles. The highest BCUT2D eigenvalue weighted by Gasteiger charge is 2.30. The molecule has 5 heteroatoms. The van der Waals surface area contributed by atoms with Crippen molar-refractivity contribution >= 4 is 17.9 Å². The fourth-order valence-corrected chi connectivity index (χ4v) is 3.36. The number of hydrogen-bond acceptors (Lipinski definition) is 2. The molecule has 0 bridgehead atoms. The zero-order valence-corrected chi connectivity index (χ0v) is 18.1. The maximum atomic E-state index is 13.0. The van der Waals surface area contributed by atoms with Crippen LogP contribution >= 0.6 is 0 Å². The molecular formula is C26H31F3O2. The van der Waals surface area contributed by atoms with Crippen LogP contribution in [0, 0.1) is 0 Å². The maximum absolute atomic E-state index is 13.0. The third-order valence-corrected chi connectivity index (χ3v) is 5.10. The number of hydrogen-bond donors (Lipinski definition) is 0. The van der Waals surface area contributed by atoms with Crippen molar-refractivity contribution in [1.29, 1.82) is 0 Å². The Kier molecular flexibility index (Phi) is 10.3. The second kappa shape index (κ2) is 13.0. The van der Waals surface area contributed by atoms with E-state index in [1.807, 2.05) is 12.1 Å². The number of rotatable bonds is 13. The van der Waals surface area contributed by atoms with Crippen LogP contribution in [0.1, 0.15) is 75.0 Å². The van der Waals surface area contributed by atoms with Crippen LogP contribution in [-0.4, -0.2) is 12.9 Å². The molecule has 0 radical (unpaired) electrons. The van der Waals surface area contributed by atoms with E-state index in [-0.39, 0.29) is 11.1 Å². The highest BCUT2D eigenvalue weighted by atomic mass is 19.4. The SMILES string of the molecule is CCCCCCCCCCOc1cccc(/C=C(\C=O)c2cccc(C(F)(F)F)c2)c1. The zero-order chi connectivity index (χ0) is 22.5. The number of benzene rings is 2. The van der Waals surface area contributed by atoms with E-state index in [4.69, 9.17) is 4.74 Å². The summed E-state index contributed by atoms with van der Waals surface area (Å²) < 4.78 is 44.7. The van der Waals surface area contributed by atoms with E-state index in [1.165, 1.54) is 50.7 Å². The largest absolute Gasteiger partial charge is 0.494 e. The summed E-state index contributed by atoms with van der Waals surface area (Å²) in [4.78, 5) is 11.5. The second-order valence-electron chi connectivity index (χ2n) is 7.69. The minimum absolute atomic E-state index is 0.186. The van der Waals surface area contributed by atoms with Gasteiger partial charge in [-0.2, -0.15) is 13.2 Å². The van der Waals surface area contributed by atoms with Gasteiger partial charge in [-0.3, -0.25) is 4.79 Å². The van der Waals surface area contributed by atoms with Gasteiger partial charge in [-0.25, -0.2) is 0 Å². The lowest BCUT2D eigenvalue weighted by Crippen LogP contribution is -2.05. The third kappa shape index (κ3) is 8.99. The van der Waals surface area contributed by atoms with E-state index in [2.05, 4.69) is 6.92 Å². The number of ether oxygens (including phenoxy) is 1. The van der Waals surface area contributed by atoms with Crippen molar-refractivity contribution in [2.75, 3.05) is 6.61 Å². The van der Waals surface area contributed by atoms with Crippen LogP contribution in [-0.2, 0) is 11.0 Å². The van der Waals surface area contributed by atoms with Gasteiger partial charge in [0.2, 0.25) is 0 Å². The Balaban J connectivity index is 1.92. The van der Waals surface area contributed by atoms with Crippen LogP contribution in [0.25, 0.3) is 11.6 Å². The number of carbonyl (C=O) groups is 1. The average molecular weight is 433 g/mol. The van der Waals surface area contributed by atoms with Crippen molar-refractivity contribution < 1.29 is 22.7 Å². The molecule has 0 N–H and O–H groups in total. The van der Waals surface area contributed by atoms with Gasteiger partial charge < -0.3 is 4.74 Å². The molecule has 0 saturated carbocycles. The Hall–Kier alpha value is -2.56. The van der Waals surface area contributed by atoms with E-state index in [9.17, 15) is 18.0 Å². The van der Waals surface area contributed by atoms with Gasteiger partial charge in [0.05, 0.1) is 12.2 Å². The summed E-state index contributed by atoms with van der Waals surface area (Å²) in [7, 11) is 0. The van der Waals surface area contributed by atoms with Crippen LogP contribution in [0.3, 0.4) is 0 Å². The minimum Gasteiger partial charge on any atom is -0.494 e. The Morgan fingerprint density at radius 3 is 2.26 bits per heavy atom. The summed E-state index contributed by atoms with van der Waals surface area (Å²) in [6, 6.07) is 12.0. The standard InChI is InChI=1S/C26H31F3O2/c1-2-3-4-5-6-7-8-9-16-31-25-15-10-12-21(18-25)17-23(20-30)22-13-11-14-24(19-22)26(27,28)29/h10-15,17-20H,2-9,16H2,1H3/b23-17+. The van der Waals surface area contributed by atoms with E-state index < -0.39 is 11.7 Å². The molecule has 31 heavy (non-hydrogen) atoms. The number of aldehydes is 1. The molecule has 2 aromatic rings. The highest BCUT2D eigenvalue weighted by molar-refractivity contribution is 6.13. The van der Waals surface area contributed by atoms with Crippen molar-refractivity contribution in [3.63, 3.8) is 0 Å². The summed E-state index contributed by atoms with van der Waals surface area (Å²) >= 11 is 0. The smallest absolute Gasteiger partial charge is 0.416 e. The maximum Gasteiger partial charge on any atom is 0.416 e. The van der Waals surface area contributed by atoms with E-state index in [0.717, 1.165) is 25.0 Å². The van der Waals surface area contributed by atoms with E-state index in [0.29, 0.717) is 24.2 Å². The predicted octanol–water partition coefficient (Wildman–Crippen LogP) is 7.96. The Labute approximate surface area is 183 Å². The van der Waals surface area contributed by atoms with Crippen LogP contribution in [0.4, 0.5) is 13.2 Å². The molecule has 0 atom stereocenters. The quantitative estimate of drug-likeness (QED) is 0.139. The van der Waals surface area contributed by atoms with Crippen molar-refractivity contribution in [2.24, 2.45) is 0 Å². The van der Waals surface area contributed by atoms with Crippen LogP contribution < -0.4 is 4.74 Å². The lowest BCUT2D eigenvalue weighted by atomic mass is 10.0. The highest BCUT2D eigenvalue weighted by Crippen LogP contribution is 2.31. The van der Waals surface area contributed by atoms with Crippen LogP contribution in [0.15, 0.2) is 48.5 Å². The number of alkyl halides is 3. The lowest BCUT2D eigenvalue weighted by molar-refractivity contribution is -0.137. The third-order valence-electron chi connectivity index (χ3n) is 5.10. The van der Waals surface area contributed by atoms with Crippen LogP contribution in [0.5, 0.6) is 5.75 Å². The molecular weight excluding hydrogens is 401 g/mol. The topological polar surface area (TPSA) is 26.3 Å². The molecule has 0 unspecified atom stereocenters. The van der Waals surface area contributed by atoms with Crippen molar-refractivity contribution in [1.82, 2.24) is 0 Å². The monoisotopic (exact) mass is 432 g/mol. The molecule has 2 aromatic carbocycles. The first kappa shape index (κ1) is 24.7. The molecule has 0 spiro atoms. The number of halogens is 3. The molecule has 0 fully saturated rings. The van der Waals surface area contributed by atoms with Gasteiger partial charge in [-0.1, -0.05) is 76.1 Å². The fourth-order valence-electron chi connectivity index (χ4n) is 3.36. The predicted molar refractivity (Wildman–Crippen MR) is 120 cm³/mol. The molecule has 0 aliphatic heterocycles. The van der Waals surface area contributed by atoms with Crippen LogP contribution in [0.2, 0.25) is 0 Å². The Bertz CT molecular complexity index is 841. The summed E-state index contributed by atoms with van der Waals surface area (Å²) in [5.41, 5.74) is 0.342. The fraction of sp³-hybridized carbons (Fsp3) is 0.423. The Morgan fingerprint density at radius 2 is 1.58 bits per heavy atom. The zero-order valence-electron chi connectivity index (χ0n) is 18.1.